The van der Waals surface area contributed by atoms with E-state index in [2.05, 4.69) is 44.2 Å². The third-order valence-corrected chi connectivity index (χ3v) is 5.07. The number of nitrogen functional groups attached to an aromatic ring is 1. The van der Waals surface area contributed by atoms with Crippen LogP contribution in [0.25, 0.3) is 0 Å². The molecule has 0 saturated heterocycles. The Kier molecular flexibility index (Phi) is 6.15. The molecule has 0 saturated carbocycles. The minimum Gasteiger partial charge on any atom is -0.508 e. The minimum absolute atomic E-state index is 0.257. The Bertz CT molecular complexity index is 1010. The Hall–Kier alpha value is -3.07. The van der Waals surface area contributed by atoms with Crippen LogP contribution in [-0.4, -0.2) is 10.8 Å². The van der Waals surface area contributed by atoms with E-state index in [1.54, 1.807) is 12.1 Å². The first-order valence-corrected chi connectivity index (χ1v) is 9.84. The van der Waals surface area contributed by atoms with Crippen molar-refractivity contribution in [2.75, 3.05) is 5.73 Å². The van der Waals surface area contributed by atoms with Crippen molar-refractivity contribution in [2.45, 2.75) is 40.0 Å². The number of hydrogen-bond acceptors (Lipinski definition) is 3. The van der Waals surface area contributed by atoms with Crippen LogP contribution in [0.4, 0.5) is 11.4 Å². The Balaban J connectivity index is 1.87. The van der Waals surface area contributed by atoms with E-state index < -0.39 is 0 Å². The van der Waals surface area contributed by atoms with E-state index >= 15 is 0 Å². The molecular weight excluding hydrogens is 344 g/mol. The third-order valence-electron chi connectivity index (χ3n) is 5.07. The molecule has 0 aromatic heterocycles. The van der Waals surface area contributed by atoms with E-state index in [-0.39, 0.29) is 5.75 Å². The lowest BCUT2D eigenvalue weighted by Crippen LogP contribution is -1.97. The highest BCUT2D eigenvalue weighted by Crippen LogP contribution is 2.25. The standard InChI is InChI=1S/C25H28N2O/c1-4-20-14-18(9-11-24(20)26)13-19-10-12-25(21(5-2)15-19)27-17(3)22-7-6-8-23(28)16-22/h6-12,14-16,28H,4-5,13,26H2,1-3H3/b27-17+. The molecule has 3 rings (SSSR count). The van der Waals surface area contributed by atoms with Gasteiger partial charge in [0.15, 0.2) is 0 Å². The first kappa shape index (κ1) is 19.7. The molecule has 0 amide bonds. The lowest BCUT2D eigenvalue weighted by Gasteiger charge is -2.11. The van der Waals surface area contributed by atoms with E-state index in [0.717, 1.165) is 41.9 Å². The van der Waals surface area contributed by atoms with Crippen molar-refractivity contribution < 1.29 is 5.11 Å². The van der Waals surface area contributed by atoms with E-state index in [1.807, 2.05) is 25.1 Å². The normalized spacial score (nSPS) is 11.6. The molecule has 0 spiro atoms. The summed E-state index contributed by atoms with van der Waals surface area (Å²) >= 11 is 0. The SMILES string of the molecule is CCc1cc(Cc2ccc(/N=C(\C)c3cccc(O)c3)c(CC)c2)ccc1N. The number of benzene rings is 3. The first-order valence-electron chi connectivity index (χ1n) is 9.84. The predicted octanol–water partition coefficient (Wildman–Crippen LogP) is 5.83. The lowest BCUT2D eigenvalue weighted by atomic mass is 9.98. The number of aromatic hydroxyl groups is 1. The number of nitrogens with two attached hydrogens (primary N) is 1. The molecule has 0 aliphatic heterocycles. The summed E-state index contributed by atoms with van der Waals surface area (Å²) in [5.41, 5.74) is 14.7. The van der Waals surface area contributed by atoms with Gasteiger partial charge in [0.2, 0.25) is 0 Å². The van der Waals surface area contributed by atoms with Crippen molar-refractivity contribution >= 4 is 17.1 Å². The largest absolute Gasteiger partial charge is 0.508 e. The van der Waals surface area contributed by atoms with Gasteiger partial charge in [-0.1, -0.05) is 50.2 Å². The van der Waals surface area contributed by atoms with Gasteiger partial charge in [0, 0.05) is 11.4 Å². The number of rotatable bonds is 6. The van der Waals surface area contributed by atoms with Crippen molar-refractivity contribution in [2.24, 2.45) is 4.99 Å². The Labute approximate surface area is 167 Å². The van der Waals surface area contributed by atoms with Crippen LogP contribution in [0.2, 0.25) is 0 Å². The second-order valence-electron chi connectivity index (χ2n) is 7.13. The van der Waals surface area contributed by atoms with Gasteiger partial charge in [-0.2, -0.15) is 0 Å². The van der Waals surface area contributed by atoms with Crippen LogP contribution >= 0.6 is 0 Å². The zero-order valence-electron chi connectivity index (χ0n) is 16.9. The Morgan fingerprint density at radius 1 is 0.893 bits per heavy atom. The van der Waals surface area contributed by atoms with Crippen molar-refractivity contribution in [3.8, 4) is 5.75 Å². The summed E-state index contributed by atoms with van der Waals surface area (Å²) < 4.78 is 0. The Morgan fingerprint density at radius 3 is 2.25 bits per heavy atom. The monoisotopic (exact) mass is 372 g/mol. The third kappa shape index (κ3) is 4.61. The summed E-state index contributed by atoms with van der Waals surface area (Å²) in [6.07, 6.45) is 2.75. The van der Waals surface area contributed by atoms with E-state index in [1.165, 1.54) is 22.3 Å². The average molecular weight is 373 g/mol. The summed E-state index contributed by atoms with van der Waals surface area (Å²) in [6, 6.07) is 20.0. The van der Waals surface area contributed by atoms with Gasteiger partial charge >= 0.3 is 0 Å². The maximum absolute atomic E-state index is 9.70. The Morgan fingerprint density at radius 2 is 1.57 bits per heavy atom. The van der Waals surface area contributed by atoms with Crippen LogP contribution in [0.3, 0.4) is 0 Å². The molecule has 3 aromatic carbocycles. The van der Waals surface area contributed by atoms with Crippen LogP contribution in [0, 0.1) is 0 Å². The second kappa shape index (κ2) is 8.75. The quantitative estimate of drug-likeness (QED) is 0.422. The molecule has 0 unspecified atom stereocenters. The van der Waals surface area contributed by atoms with Gasteiger partial charge in [-0.15, -0.1) is 0 Å². The van der Waals surface area contributed by atoms with Crippen LogP contribution in [-0.2, 0) is 19.3 Å². The lowest BCUT2D eigenvalue weighted by molar-refractivity contribution is 0.475. The van der Waals surface area contributed by atoms with Gasteiger partial charge in [0.25, 0.3) is 0 Å². The number of aliphatic imine (C=N–C) groups is 1. The fourth-order valence-electron chi connectivity index (χ4n) is 3.43. The van der Waals surface area contributed by atoms with Gasteiger partial charge in [0.05, 0.1) is 5.69 Å². The molecule has 144 valence electrons. The van der Waals surface area contributed by atoms with Crippen LogP contribution in [0.5, 0.6) is 5.75 Å². The molecule has 0 bridgehead atoms. The summed E-state index contributed by atoms with van der Waals surface area (Å²) in [6.45, 7) is 6.26. The molecule has 3 nitrogen and oxygen atoms in total. The van der Waals surface area contributed by atoms with Crippen molar-refractivity contribution in [3.63, 3.8) is 0 Å². The topological polar surface area (TPSA) is 58.6 Å². The number of nitrogens with zero attached hydrogens (tertiary/aromatic N) is 1. The van der Waals surface area contributed by atoms with Crippen LogP contribution in [0.15, 0.2) is 65.7 Å². The van der Waals surface area contributed by atoms with Gasteiger partial charge in [-0.05, 0) is 78.3 Å². The molecule has 3 N–H and O–H groups in total. The predicted molar refractivity (Wildman–Crippen MR) is 119 cm³/mol. The zero-order chi connectivity index (χ0) is 20.1. The van der Waals surface area contributed by atoms with Crippen molar-refractivity contribution in [1.29, 1.82) is 0 Å². The van der Waals surface area contributed by atoms with Gasteiger partial charge in [-0.25, -0.2) is 0 Å². The highest BCUT2D eigenvalue weighted by atomic mass is 16.3. The maximum atomic E-state index is 9.70. The molecule has 0 aliphatic rings. The van der Waals surface area contributed by atoms with E-state index in [4.69, 9.17) is 10.7 Å². The van der Waals surface area contributed by atoms with Gasteiger partial charge < -0.3 is 10.8 Å². The fraction of sp³-hybridized carbons (Fsp3) is 0.240. The molecule has 0 fully saturated rings. The summed E-state index contributed by atoms with van der Waals surface area (Å²) in [5.74, 6) is 0.257. The number of hydrogen-bond donors (Lipinski definition) is 2. The second-order valence-corrected chi connectivity index (χ2v) is 7.13. The molecule has 0 aliphatic carbocycles. The number of anilines is 1. The zero-order valence-corrected chi connectivity index (χ0v) is 16.9. The molecule has 28 heavy (non-hydrogen) atoms. The molecule has 3 aromatic rings. The summed E-state index contributed by atoms with van der Waals surface area (Å²) in [5, 5.41) is 9.70. The first-order chi connectivity index (χ1) is 13.5. The van der Waals surface area contributed by atoms with Crippen LogP contribution < -0.4 is 5.73 Å². The van der Waals surface area contributed by atoms with E-state index in [0.29, 0.717) is 0 Å². The summed E-state index contributed by atoms with van der Waals surface area (Å²) in [7, 11) is 0. The van der Waals surface area contributed by atoms with Crippen LogP contribution in [0.1, 0.15) is 48.6 Å². The molecule has 0 atom stereocenters. The highest BCUT2D eigenvalue weighted by molar-refractivity contribution is 6.00. The van der Waals surface area contributed by atoms with Gasteiger partial charge in [0.1, 0.15) is 5.75 Å². The average Bonchev–Trinajstić information content (AvgIpc) is 2.70. The molecule has 0 heterocycles. The maximum Gasteiger partial charge on any atom is 0.116 e. The van der Waals surface area contributed by atoms with E-state index in [9.17, 15) is 5.11 Å². The highest BCUT2D eigenvalue weighted by Gasteiger charge is 2.06. The fourth-order valence-corrected chi connectivity index (χ4v) is 3.43. The smallest absolute Gasteiger partial charge is 0.116 e. The molecule has 0 radical (unpaired) electrons. The summed E-state index contributed by atoms with van der Waals surface area (Å²) in [4.78, 5) is 4.82. The molecule has 3 heteroatoms. The molecular formula is C25H28N2O. The number of phenolic OH excluding ortho intramolecular Hbond substituents is 1. The minimum atomic E-state index is 0.257. The van der Waals surface area contributed by atoms with Gasteiger partial charge in [-0.3, -0.25) is 4.99 Å². The number of phenols is 1. The van der Waals surface area contributed by atoms with Crippen molar-refractivity contribution in [1.82, 2.24) is 0 Å². The number of aryl methyl sites for hydroxylation is 2. The van der Waals surface area contributed by atoms with Crippen molar-refractivity contribution in [3.05, 3.63) is 88.5 Å².